The largest absolute Gasteiger partial charge is 0.0804 e. The number of unbranched alkanes of at least 4 members (excludes halogenated alkanes) is 5. The van der Waals surface area contributed by atoms with Crippen molar-refractivity contribution in [2.45, 2.75) is 64.7 Å². The van der Waals surface area contributed by atoms with E-state index in [0.717, 1.165) is 0 Å². The Balaban J connectivity index is 1.78. The Morgan fingerprint density at radius 3 is 2.61 bits per heavy atom. The molecule has 1 aliphatic carbocycles. The molecule has 0 saturated heterocycles. The van der Waals surface area contributed by atoms with E-state index in [-0.39, 0.29) is 0 Å². The van der Waals surface area contributed by atoms with Gasteiger partial charge in [-0.05, 0) is 42.4 Å². The molecule has 0 atom stereocenters. The fourth-order valence-electron chi connectivity index (χ4n) is 2.90. The maximum atomic E-state index is 2.47. The van der Waals surface area contributed by atoms with E-state index in [1.165, 1.54) is 63.4 Å². The second-order valence-electron chi connectivity index (χ2n) is 5.44. The summed E-state index contributed by atoms with van der Waals surface area (Å²) >= 11 is 0. The second-order valence-corrected chi connectivity index (χ2v) is 5.44. The Hall–Kier alpha value is -1.04. The standard InChI is InChI=1S/C18H26/c1-2-3-4-5-6-7-11-16-13-10-14-17-12-8-9-15-18(16)17/h8-9,12-13,15H,2-7,10-11,14H2,1H3. The van der Waals surface area contributed by atoms with Crippen molar-refractivity contribution in [3.8, 4) is 0 Å². The van der Waals surface area contributed by atoms with Gasteiger partial charge in [-0.1, -0.05) is 69.4 Å². The molecule has 18 heavy (non-hydrogen) atoms. The van der Waals surface area contributed by atoms with Crippen molar-refractivity contribution in [1.82, 2.24) is 0 Å². The van der Waals surface area contributed by atoms with E-state index in [0.29, 0.717) is 0 Å². The zero-order chi connectivity index (χ0) is 12.6. The fourth-order valence-corrected chi connectivity index (χ4v) is 2.90. The molecule has 0 heteroatoms. The number of rotatable bonds is 7. The van der Waals surface area contributed by atoms with Gasteiger partial charge in [-0.2, -0.15) is 0 Å². The van der Waals surface area contributed by atoms with Crippen LogP contribution in [0.1, 0.15) is 69.4 Å². The molecule has 0 spiro atoms. The molecule has 1 aromatic carbocycles. The molecule has 98 valence electrons. The normalized spacial score (nSPS) is 14.2. The van der Waals surface area contributed by atoms with Crippen molar-refractivity contribution in [1.29, 1.82) is 0 Å². The van der Waals surface area contributed by atoms with Crippen molar-refractivity contribution in [3.05, 3.63) is 41.5 Å². The highest BCUT2D eigenvalue weighted by Crippen LogP contribution is 2.30. The van der Waals surface area contributed by atoms with Crippen LogP contribution in [-0.2, 0) is 6.42 Å². The monoisotopic (exact) mass is 242 g/mol. The third-order valence-corrected chi connectivity index (χ3v) is 3.97. The van der Waals surface area contributed by atoms with Crippen LogP contribution in [-0.4, -0.2) is 0 Å². The Morgan fingerprint density at radius 1 is 0.944 bits per heavy atom. The maximum absolute atomic E-state index is 2.47. The lowest BCUT2D eigenvalue weighted by Crippen LogP contribution is -1.99. The topological polar surface area (TPSA) is 0 Å². The number of fused-ring (bicyclic) bond motifs is 1. The van der Waals surface area contributed by atoms with Crippen molar-refractivity contribution < 1.29 is 0 Å². The van der Waals surface area contributed by atoms with Crippen molar-refractivity contribution in [3.63, 3.8) is 0 Å². The first-order valence-electron chi connectivity index (χ1n) is 7.69. The SMILES string of the molecule is CCCCCCCCC1=CCCc2ccccc21. The Bertz CT molecular complexity index is 387. The molecular weight excluding hydrogens is 216 g/mol. The van der Waals surface area contributed by atoms with Gasteiger partial charge in [0.1, 0.15) is 0 Å². The molecule has 0 N–H and O–H groups in total. The van der Waals surface area contributed by atoms with Crippen LogP contribution in [0.2, 0.25) is 0 Å². The molecular formula is C18H26. The van der Waals surface area contributed by atoms with Crippen LogP contribution < -0.4 is 0 Å². The molecule has 0 fully saturated rings. The molecule has 2 rings (SSSR count). The van der Waals surface area contributed by atoms with Crippen LogP contribution in [0.25, 0.3) is 5.57 Å². The van der Waals surface area contributed by atoms with E-state index in [2.05, 4.69) is 37.3 Å². The van der Waals surface area contributed by atoms with E-state index in [1.54, 1.807) is 11.1 Å². The van der Waals surface area contributed by atoms with Crippen LogP contribution >= 0.6 is 0 Å². The average molecular weight is 242 g/mol. The summed E-state index contributed by atoms with van der Waals surface area (Å²) in [6.45, 7) is 2.28. The molecule has 0 heterocycles. The zero-order valence-electron chi connectivity index (χ0n) is 11.8. The lowest BCUT2D eigenvalue weighted by molar-refractivity contribution is 0.613. The highest BCUT2D eigenvalue weighted by Gasteiger charge is 2.10. The third-order valence-electron chi connectivity index (χ3n) is 3.97. The highest BCUT2D eigenvalue weighted by atomic mass is 14.2. The van der Waals surface area contributed by atoms with Gasteiger partial charge in [-0.3, -0.25) is 0 Å². The van der Waals surface area contributed by atoms with E-state index in [1.807, 2.05) is 0 Å². The molecule has 0 radical (unpaired) electrons. The van der Waals surface area contributed by atoms with Crippen LogP contribution in [0.15, 0.2) is 30.3 Å². The summed E-state index contributed by atoms with van der Waals surface area (Å²) in [5, 5.41) is 0. The van der Waals surface area contributed by atoms with Gasteiger partial charge in [0, 0.05) is 0 Å². The first-order chi connectivity index (χ1) is 8.92. The molecule has 0 saturated carbocycles. The summed E-state index contributed by atoms with van der Waals surface area (Å²) < 4.78 is 0. The minimum atomic E-state index is 1.23. The van der Waals surface area contributed by atoms with Gasteiger partial charge in [0.15, 0.2) is 0 Å². The molecule has 0 nitrogen and oxygen atoms in total. The van der Waals surface area contributed by atoms with Crippen molar-refractivity contribution in [2.24, 2.45) is 0 Å². The predicted molar refractivity (Wildman–Crippen MR) is 80.7 cm³/mol. The highest BCUT2D eigenvalue weighted by molar-refractivity contribution is 5.69. The quantitative estimate of drug-likeness (QED) is 0.533. The van der Waals surface area contributed by atoms with Gasteiger partial charge in [0.25, 0.3) is 0 Å². The van der Waals surface area contributed by atoms with E-state index in [4.69, 9.17) is 0 Å². The van der Waals surface area contributed by atoms with Crippen molar-refractivity contribution in [2.75, 3.05) is 0 Å². The number of hydrogen-bond acceptors (Lipinski definition) is 0. The van der Waals surface area contributed by atoms with Crippen molar-refractivity contribution >= 4 is 5.57 Å². The average Bonchev–Trinajstić information content (AvgIpc) is 2.43. The lowest BCUT2D eigenvalue weighted by atomic mass is 9.88. The molecule has 0 aliphatic heterocycles. The molecule has 0 unspecified atom stereocenters. The van der Waals surface area contributed by atoms with Gasteiger partial charge in [-0.15, -0.1) is 0 Å². The summed E-state index contributed by atoms with van der Waals surface area (Å²) in [6, 6.07) is 8.95. The number of aryl methyl sites for hydroxylation is 1. The molecule has 0 aromatic heterocycles. The third kappa shape index (κ3) is 3.73. The van der Waals surface area contributed by atoms with Crippen LogP contribution in [0.4, 0.5) is 0 Å². The minimum absolute atomic E-state index is 1.23. The lowest BCUT2D eigenvalue weighted by Gasteiger charge is -2.17. The summed E-state index contributed by atoms with van der Waals surface area (Å²) in [6.07, 6.45) is 14.6. The predicted octanol–water partition coefficient (Wildman–Crippen LogP) is 5.77. The van der Waals surface area contributed by atoms with E-state index >= 15 is 0 Å². The number of hydrogen-bond donors (Lipinski definition) is 0. The van der Waals surface area contributed by atoms with Gasteiger partial charge >= 0.3 is 0 Å². The maximum Gasteiger partial charge on any atom is -0.0195 e. The summed E-state index contributed by atoms with van der Waals surface area (Å²) in [7, 11) is 0. The Morgan fingerprint density at radius 2 is 1.72 bits per heavy atom. The minimum Gasteiger partial charge on any atom is -0.0804 e. The summed E-state index contributed by atoms with van der Waals surface area (Å²) in [5.41, 5.74) is 4.69. The first kappa shape index (κ1) is 13.4. The van der Waals surface area contributed by atoms with Gasteiger partial charge in [0.05, 0.1) is 0 Å². The molecule has 1 aliphatic rings. The fraction of sp³-hybridized carbons (Fsp3) is 0.556. The van der Waals surface area contributed by atoms with Gasteiger partial charge < -0.3 is 0 Å². The van der Waals surface area contributed by atoms with E-state index < -0.39 is 0 Å². The van der Waals surface area contributed by atoms with Crippen LogP contribution in [0.3, 0.4) is 0 Å². The Kier molecular flexibility index (Phi) is 5.51. The number of allylic oxidation sites excluding steroid dienone is 2. The molecule has 1 aromatic rings. The Labute approximate surface area is 112 Å². The molecule has 0 bridgehead atoms. The van der Waals surface area contributed by atoms with Crippen LogP contribution in [0, 0.1) is 0 Å². The number of benzene rings is 1. The van der Waals surface area contributed by atoms with Gasteiger partial charge in [0.2, 0.25) is 0 Å². The zero-order valence-corrected chi connectivity index (χ0v) is 11.8. The second kappa shape index (κ2) is 7.41. The van der Waals surface area contributed by atoms with Crippen LogP contribution in [0.5, 0.6) is 0 Å². The van der Waals surface area contributed by atoms with Gasteiger partial charge in [-0.25, -0.2) is 0 Å². The summed E-state index contributed by atoms with van der Waals surface area (Å²) in [4.78, 5) is 0. The smallest absolute Gasteiger partial charge is 0.0195 e. The molecule has 0 amide bonds. The first-order valence-corrected chi connectivity index (χ1v) is 7.69. The summed E-state index contributed by atoms with van der Waals surface area (Å²) in [5.74, 6) is 0. The van der Waals surface area contributed by atoms with E-state index in [9.17, 15) is 0 Å².